The van der Waals surface area contributed by atoms with Gasteiger partial charge in [-0.1, -0.05) is 20.3 Å². The Kier molecular flexibility index (Phi) is 7.68. The van der Waals surface area contributed by atoms with Crippen molar-refractivity contribution in [1.82, 2.24) is 0 Å². The van der Waals surface area contributed by atoms with Crippen molar-refractivity contribution in [2.45, 2.75) is 46.0 Å². The van der Waals surface area contributed by atoms with E-state index in [1.54, 1.807) is 0 Å². The molecule has 0 heterocycles. The number of hydrogen-bond acceptors (Lipinski definition) is 3. The molecule has 1 N–H and O–H groups in total. The highest BCUT2D eigenvalue weighted by atomic mass is 16.5. The number of carbonyl (C=O) groups excluding carboxylic acids is 1. The van der Waals surface area contributed by atoms with E-state index < -0.39 is 5.97 Å². The zero-order valence-corrected chi connectivity index (χ0v) is 9.49. The molecule has 0 aromatic heterocycles. The molecule has 4 heteroatoms. The van der Waals surface area contributed by atoms with Gasteiger partial charge in [-0.15, -0.1) is 0 Å². The average Bonchev–Trinajstić information content (AvgIpc) is 2.20. The molecule has 0 aliphatic heterocycles. The molecule has 0 fully saturated rings. The van der Waals surface area contributed by atoms with E-state index in [2.05, 4.69) is 0 Å². The number of carboxylic acid groups (broad SMARTS) is 1. The highest BCUT2D eigenvalue weighted by Gasteiger charge is 2.19. The van der Waals surface area contributed by atoms with Gasteiger partial charge in [0.15, 0.2) is 0 Å². The van der Waals surface area contributed by atoms with E-state index in [1.807, 2.05) is 13.8 Å². The van der Waals surface area contributed by atoms with Gasteiger partial charge in [0.25, 0.3) is 0 Å². The Balaban J connectivity index is 4.00. The van der Waals surface area contributed by atoms with Crippen LogP contribution in [0.25, 0.3) is 0 Å². The molecule has 1 unspecified atom stereocenters. The summed E-state index contributed by atoms with van der Waals surface area (Å²) in [4.78, 5) is 21.9. The molecule has 4 nitrogen and oxygen atoms in total. The fraction of sp³-hybridized carbons (Fsp3) is 0.818. The Morgan fingerprint density at radius 2 is 1.87 bits per heavy atom. The summed E-state index contributed by atoms with van der Waals surface area (Å²) >= 11 is 0. The van der Waals surface area contributed by atoms with Crippen molar-refractivity contribution in [1.29, 1.82) is 0 Å². The van der Waals surface area contributed by atoms with Gasteiger partial charge in [0.2, 0.25) is 0 Å². The van der Waals surface area contributed by atoms with Crippen LogP contribution in [0.3, 0.4) is 0 Å². The van der Waals surface area contributed by atoms with Crippen molar-refractivity contribution in [3.8, 4) is 0 Å². The molecule has 0 saturated carbocycles. The van der Waals surface area contributed by atoms with Crippen LogP contribution in [0.4, 0.5) is 0 Å². The van der Waals surface area contributed by atoms with Crippen molar-refractivity contribution >= 4 is 11.9 Å². The van der Waals surface area contributed by atoms with Gasteiger partial charge >= 0.3 is 11.9 Å². The molecule has 1 atom stereocenters. The van der Waals surface area contributed by atoms with E-state index in [4.69, 9.17) is 9.84 Å². The molecule has 0 bridgehead atoms. The average molecular weight is 216 g/mol. The van der Waals surface area contributed by atoms with Crippen molar-refractivity contribution in [2.24, 2.45) is 5.92 Å². The predicted molar refractivity (Wildman–Crippen MR) is 56.5 cm³/mol. The highest BCUT2D eigenvalue weighted by Crippen LogP contribution is 2.15. The number of esters is 1. The first-order valence-corrected chi connectivity index (χ1v) is 5.50. The van der Waals surface area contributed by atoms with Crippen LogP contribution in [0.15, 0.2) is 0 Å². The lowest BCUT2D eigenvalue weighted by molar-refractivity contribution is -0.149. The quantitative estimate of drug-likeness (QED) is 0.632. The molecule has 0 amide bonds. The third-order valence-corrected chi connectivity index (χ3v) is 2.13. The number of rotatable bonds is 8. The number of carboxylic acids is 1. The van der Waals surface area contributed by atoms with Gasteiger partial charge in [0, 0.05) is 6.42 Å². The molecule has 0 spiro atoms. The monoisotopic (exact) mass is 216 g/mol. The van der Waals surface area contributed by atoms with E-state index in [0.29, 0.717) is 19.4 Å². The number of aliphatic carboxylic acids is 1. The third-order valence-electron chi connectivity index (χ3n) is 2.13. The second-order valence-corrected chi connectivity index (χ2v) is 3.59. The van der Waals surface area contributed by atoms with Crippen molar-refractivity contribution in [3.05, 3.63) is 0 Å². The first kappa shape index (κ1) is 13.9. The smallest absolute Gasteiger partial charge is 0.308 e. The molecule has 88 valence electrons. The Morgan fingerprint density at radius 1 is 1.20 bits per heavy atom. The largest absolute Gasteiger partial charge is 0.481 e. The van der Waals surface area contributed by atoms with E-state index in [0.717, 1.165) is 12.8 Å². The second kappa shape index (κ2) is 8.26. The van der Waals surface area contributed by atoms with Crippen molar-refractivity contribution in [3.63, 3.8) is 0 Å². The van der Waals surface area contributed by atoms with Crippen LogP contribution in [0.1, 0.15) is 46.0 Å². The Morgan fingerprint density at radius 3 is 2.33 bits per heavy atom. The second-order valence-electron chi connectivity index (χ2n) is 3.59. The summed E-state index contributed by atoms with van der Waals surface area (Å²) in [6.07, 6.45) is 2.78. The molecule has 0 aromatic rings. The summed E-state index contributed by atoms with van der Waals surface area (Å²) < 4.78 is 5.01. The van der Waals surface area contributed by atoms with E-state index in [1.165, 1.54) is 0 Å². The maximum atomic E-state index is 11.5. The number of hydrogen-bond donors (Lipinski definition) is 1. The molecular formula is C11H20O4. The molecular weight excluding hydrogens is 196 g/mol. The molecule has 0 aliphatic carbocycles. The summed E-state index contributed by atoms with van der Waals surface area (Å²) in [5.41, 5.74) is 0. The lowest BCUT2D eigenvalue weighted by Crippen LogP contribution is -2.19. The fourth-order valence-electron chi connectivity index (χ4n) is 1.35. The van der Waals surface area contributed by atoms with E-state index in [9.17, 15) is 9.59 Å². The molecule has 0 aromatic carbocycles. The lowest BCUT2D eigenvalue weighted by Gasteiger charge is -2.13. The summed E-state index contributed by atoms with van der Waals surface area (Å²) in [7, 11) is 0. The Bertz CT molecular complexity index is 201. The van der Waals surface area contributed by atoms with E-state index >= 15 is 0 Å². The van der Waals surface area contributed by atoms with Crippen LogP contribution in [0.2, 0.25) is 0 Å². The van der Waals surface area contributed by atoms with Gasteiger partial charge in [-0.05, 0) is 19.3 Å². The summed E-state index contributed by atoms with van der Waals surface area (Å²) in [5, 5.41) is 8.54. The summed E-state index contributed by atoms with van der Waals surface area (Å²) in [6, 6.07) is 0. The summed E-state index contributed by atoms with van der Waals surface area (Å²) in [6.45, 7) is 4.33. The maximum absolute atomic E-state index is 11.5. The highest BCUT2D eigenvalue weighted by molar-refractivity contribution is 5.73. The fourth-order valence-corrected chi connectivity index (χ4v) is 1.35. The maximum Gasteiger partial charge on any atom is 0.308 e. The van der Waals surface area contributed by atoms with Crippen LogP contribution in [-0.2, 0) is 14.3 Å². The van der Waals surface area contributed by atoms with Gasteiger partial charge in [-0.25, -0.2) is 0 Å². The normalized spacial score (nSPS) is 12.1. The topological polar surface area (TPSA) is 63.6 Å². The van der Waals surface area contributed by atoms with Gasteiger partial charge in [0.1, 0.15) is 0 Å². The summed E-state index contributed by atoms with van der Waals surface area (Å²) in [5.74, 6) is -1.36. The van der Waals surface area contributed by atoms with Crippen LogP contribution >= 0.6 is 0 Å². The standard InChI is InChI=1S/C11H20O4/c1-3-5-9(6-7-10(12)13)11(14)15-8-4-2/h9H,3-8H2,1-2H3,(H,12,13). The first-order valence-electron chi connectivity index (χ1n) is 5.50. The number of ether oxygens (including phenoxy) is 1. The zero-order valence-electron chi connectivity index (χ0n) is 9.49. The Labute approximate surface area is 90.6 Å². The minimum atomic E-state index is -0.862. The van der Waals surface area contributed by atoms with Gasteiger partial charge < -0.3 is 9.84 Å². The van der Waals surface area contributed by atoms with Crippen molar-refractivity contribution in [2.75, 3.05) is 6.61 Å². The van der Waals surface area contributed by atoms with Crippen LogP contribution in [-0.4, -0.2) is 23.7 Å². The van der Waals surface area contributed by atoms with Gasteiger partial charge in [-0.3, -0.25) is 9.59 Å². The Hall–Kier alpha value is -1.06. The minimum Gasteiger partial charge on any atom is -0.481 e. The lowest BCUT2D eigenvalue weighted by atomic mass is 9.98. The number of carbonyl (C=O) groups is 2. The molecule has 0 rings (SSSR count). The molecule has 0 saturated heterocycles. The van der Waals surface area contributed by atoms with E-state index in [-0.39, 0.29) is 18.3 Å². The van der Waals surface area contributed by atoms with Crippen LogP contribution in [0, 0.1) is 5.92 Å². The molecule has 15 heavy (non-hydrogen) atoms. The zero-order chi connectivity index (χ0) is 11.7. The SMILES string of the molecule is CCCOC(=O)C(CCC)CCC(=O)O. The van der Waals surface area contributed by atoms with Gasteiger partial charge in [-0.2, -0.15) is 0 Å². The van der Waals surface area contributed by atoms with Crippen LogP contribution < -0.4 is 0 Å². The third kappa shape index (κ3) is 6.94. The van der Waals surface area contributed by atoms with Crippen LogP contribution in [0.5, 0.6) is 0 Å². The molecule has 0 aliphatic rings. The van der Waals surface area contributed by atoms with Gasteiger partial charge in [0.05, 0.1) is 12.5 Å². The predicted octanol–water partition coefficient (Wildman–Crippen LogP) is 2.22. The van der Waals surface area contributed by atoms with Crippen molar-refractivity contribution < 1.29 is 19.4 Å². The molecule has 0 radical (unpaired) electrons. The minimum absolute atomic E-state index is 0.0336. The first-order chi connectivity index (χ1) is 7.11.